The lowest BCUT2D eigenvalue weighted by atomic mass is 10.0. The number of nitrogens with zero attached hydrogens (tertiary/aromatic N) is 6. The Balaban J connectivity index is 0.000000141. The van der Waals surface area contributed by atoms with Crippen LogP contribution in [-0.2, 0) is 9.47 Å². The van der Waals surface area contributed by atoms with Gasteiger partial charge >= 0.3 is 0 Å². The van der Waals surface area contributed by atoms with Crippen molar-refractivity contribution in [3.05, 3.63) is 154 Å². The molecule has 0 bridgehead atoms. The summed E-state index contributed by atoms with van der Waals surface area (Å²) < 4.78 is 14.0. The van der Waals surface area contributed by atoms with E-state index in [9.17, 15) is 19.2 Å². The number of carbonyl (C=O) groups is 2. The topological polar surface area (TPSA) is 204 Å². The number of ether oxygens (including phenoxy) is 2. The van der Waals surface area contributed by atoms with Crippen LogP contribution in [0.25, 0.3) is 44.1 Å². The Hall–Kier alpha value is -7.08. The van der Waals surface area contributed by atoms with E-state index in [1.165, 1.54) is 38.3 Å². The second kappa shape index (κ2) is 20.0. The molecular weight excluding hydrogens is 929 g/mol. The van der Waals surface area contributed by atoms with Gasteiger partial charge in [-0.3, -0.25) is 29.0 Å². The molecule has 4 N–H and O–H groups in total. The zero-order valence-electron chi connectivity index (χ0n) is 37.0. The van der Waals surface area contributed by atoms with Crippen molar-refractivity contribution in [1.82, 2.24) is 40.0 Å². The fourth-order valence-electron chi connectivity index (χ4n) is 8.71. The van der Waals surface area contributed by atoms with Crippen LogP contribution >= 0.6 is 15.9 Å². The summed E-state index contributed by atoms with van der Waals surface area (Å²) in [6, 6.07) is 30.4. The Morgan fingerprint density at radius 2 is 1.26 bits per heavy atom. The molecule has 8 aromatic rings. The number of hydrogen-bond donors (Lipinski definition) is 4. The molecule has 4 fully saturated rings. The number of fused-ring (bicyclic) bond motifs is 2. The van der Waals surface area contributed by atoms with Gasteiger partial charge in [0.25, 0.3) is 22.9 Å². The average Bonchev–Trinajstić information content (AvgIpc) is 4.00. The first-order valence-electron chi connectivity index (χ1n) is 22.9. The first-order chi connectivity index (χ1) is 33.3. The van der Waals surface area contributed by atoms with E-state index in [1.807, 2.05) is 91.0 Å². The van der Waals surface area contributed by atoms with Crippen molar-refractivity contribution in [2.24, 2.45) is 11.8 Å². The van der Waals surface area contributed by atoms with Crippen LogP contribution in [0.1, 0.15) is 71.3 Å². The van der Waals surface area contributed by atoms with Gasteiger partial charge in [-0.15, -0.1) is 0 Å². The van der Waals surface area contributed by atoms with Gasteiger partial charge in [-0.2, -0.15) is 20.4 Å². The van der Waals surface area contributed by atoms with Gasteiger partial charge < -0.3 is 20.1 Å². The van der Waals surface area contributed by atoms with Crippen LogP contribution in [0, 0.1) is 11.8 Å². The highest BCUT2D eigenvalue weighted by Crippen LogP contribution is 2.51. The fourth-order valence-corrected chi connectivity index (χ4v) is 9.09. The fraction of sp³-hybridized carbons (Fsp3) is 0.294. The minimum atomic E-state index is -0.222. The molecule has 2 saturated heterocycles. The number of aromatic amines is 2. The molecule has 4 aromatic heterocycles. The van der Waals surface area contributed by atoms with Crippen molar-refractivity contribution in [3.63, 3.8) is 0 Å². The summed E-state index contributed by atoms with van der Waals surface area (Å²) in [6.45, 7) is 3.19. The number of amides is 2. The van der Waals surface area contributed by atoms with E-state index in [0.29, 0.717) is 62.2 Å². The zero-order chi connectivity index (χ0) is 46.6. The quantitative estimate of drug-likeness (QED) is 0.0962. The van der Waals surface area contributed by atoms with Gasteiger partial charge in [-0.1, -0.05) is 76.6 Å². The predicted molar refractivity (Wildman–Crippen MR) is 263 cm³/mol. The third-order valence-electron chi connectivity index (χ3n) is 12.6. The molecular formula is C51H49BrN10O6. The van der Waals surface area contributed by atoms with Gasteiger partial charge in [0.1, 0.15) is 0 Å². The lowest BCUT2D eigenvalue weighted by Crippen LogP contribution is -2.30. The maximum absolute atomic E-state index is 13.4. The molecule has 2 aliphatic carbocycles. The number of H-pyrrole nitrogens is 2. The Morgan fingerprint density at radius 3 is 1.82 bits per heavy atom. The molecule has 4 aliphatic rings. The monoisotopic (exact) mass is 976 g/mol. The molecule has 2 aliphatic heterocycles. The number of rotatable bonds is 10. The molecule has 4 aromatic carbocycles. The summed E-state index contributed by atoms with van der Waals surface area (Å²) in [5.74, 6) is 0.699. The highest BCUT2D eigenvalue weighted by Gasteiger charge is 2.44. The maximum atomic E-state index is 13.4. The molecule has 0 spiro atoms. The van der Waals surface area contributed by atoms with E-state index in [1.54, 1.807) is 34.0 Å². The van der Waals surface area contributed by atoms with Gasteiger partial charge in [0.2, 0.25) is 0 Å². The normalized spacial score (nSPS) is 17.6. The molecule has 346 valence electrons. The Morgan fingerprint density at radius 1 is 0.676 bits per heavy atom. The molecule has 2 atom stereocenters. The lowest BCUT2D eigenvalue weighted by molar-refractivity contribution is 0.101. The first-order valence-corrected chi connectivity index (χ1v) is 23.8. The number of halogens is 1. The average molecular weight is 978 g/mol. The second-order valence-electron chi connectivity index (χ2n) is 17.5. The van der Waals surface area contributed by atoms with Crippen LogP contribution in [0.15, 0.2) is 131 Å². The minimum Gasteiger partial charge on any atom is -0.380 e. The molecule has 12 rings (SSSR count). The molecule has 17 heteroatoms. The maximum Gasteiger partial charge on any atom is 0.274 e. The molecule has 2 unspecified atom stereocenters. The second-order valence-corrected chi connectivity index (χ2v) is 18.8. The Labute approximate surface area is 398 Å². The molecule has 0 radical (unpaired) electrons. The lowest BCUT2D eigenvalue weighted by Gasteiger charge is -2.20. The predicted octanol–water partition coefficient (Wildman–Crippen LogP) is 8.57. The summed E-state index contributed by atoms with van der Waals surface area (Å²) >= 11 is 3.41. The van der Waals surface area contributed by atoms with Crippen molar-refractivity contribution in [1.29, 1.82) is 0 Å². The third-order valence-corrected chi connectivity index (χ3v) is 13.3. The number of anilines is 2. The SMILES string of the molecule is BrC1CCOC1.O=C(Nc1ccc(-c2n[nH]c(=O)c3ccccc23)cc1)c1cnn(C2CCOC2)c1.O=C(Nc1ccc(-c2nn(C(C3CC3)C3CC3)c(=O)c3ccccc23)cc1)c1cn[nH]c1. The van der Waals surface area contributed by atoms with Gasteiger partial charge in [-0.05, 0) is 86.8 Å². The molecule has 68 heavy (non-hydrogen) atoms. The smallest absolute Gasteiger partial charge is 0.274 e. The summed E-state index contributed by atoms with van der Waals surface area (Å²) in [6.07, 6.45) is 13.2. The van der Waals surface area contributed by atoms with Crippen LogP contribution in [0.2, 0.25) is 0 Å². The van der Waals surface area contributed by atoms with Crippen molar-refractivity contribution in [2.75, 3.05) is 37.1 Å². The largest absolute Gasteiger partial charge is 0.380 e. The Bertz CT molecular complexity index is 3160. The number of benzene rings is 4. The summed E-state index contributed by atoms with van der Waals surface area (Å²) in [5.41, 5.74) is 5.36. The van der Waals surface area contributed by atoms with Crippen LogP contribution in [0.5, 0.6) is 0 Å². The van der Waals surface area contributed by atoms with E-state index in [0.717, 1.165) is 53.8 Å². The number of alkyl halides is 1. The van der Waals surface area contributed by atoms with Crippen molar-refractivity contribution < 1.29 is 19.1 Å². The van der Waals surface area contributed by atoms with Crippen LogP contribution in [0.3, 0.4) is 0 Å². The van der Waals surface area contributed by atoms with Crippen molar-refractivity contribution in [3.8, 4) is 22.5 Å². The van der Waals surface area contributed by atoms with Gasteiger partial charge in [-0.25, -0.2) is 9.78 Å². The number of hydrogen-bond acceptors (Lipinski definition) is 10. The standard InChI is InChI=1S/C25H23N5O2.C22H19N5O3.C4H7BrO/c31-24(18-13-26-27-14-18)28-19-11-9-15(10-12-19)22-20-3-1-2-4-21(20)25(32)30(29-22)23(16-5-6-16)17-7-8-17;28-21(15-11-23-27(12-15)17-9-10-30-13-17)24-16-7-5-14(6-8-16)20-18-3-1-2-4-19(18)22(29)26-25-20;5-4-1-2-6-3-4/h1-4,9-14,16-17,23H,5-8H2,(H,26,27)(H,28,31);1-8,11-12,17H,9-10,13H2,(H,24,28)(H,26,29);4H,1-3H2. The summed E-state index contributed by atoms with van der Waals surface area (Å²) in [5, 5.41) is 31.1. The van der Waals surface area contributed by atoms with E-state index in [4.69, 9.17) is 14.6 Å². The van der Waals surface area contributed by atoms with Gasteiger partial charge in [0.15, 0.2) is 0 Å². The third kappa shape index (κ3) is 10.1. The van der Waals surface area contributed by atoms with E-state index < -0.39 is 0 Å². The van der Waals surface area contributed by atoms with Crippen LogP contribution in [0.4, 0.5) is 11.4 Å². The first kappa shape index (κ1) is 44.7. The minimum absolute atomic E-state index is 0.0112. The van der Waals surface area contributed by atoms with E-state index in [2.05, 4.69) is 52.1 Å². The molecule has 6 heterocycles. The van der Waals surface area contributed by atoms with E-state index in [-0.39, 0.29) is 35.0 Å². The van der Waals surface area contributed by atoms with E-state index >= 15 is 0 Å². The summed E-state index contributed by atoms with van der Waals surface area (Å²) in [4.78, 5) is 50.8. The van der Waals surface area contributed by atoms with Crippen LogP contribution < -0.4 is 21.8 Å². The number of carbonyl (C=O) groups excluding carboxylic acids is 2. The van der Waals surface area contributed by atoms with Crippen molar-refractivity contribution >= 4 is 60.7 Å². The highest BCUT2D eigenvalue weighted by atomic mass is 79.9. The molecule has 16 nitrogen and oxygen atoms in total. The van der Waals surface area contributed by atoms with Crippen LogP contribution in [-0.4, -0.2) is 83.0 Å². The Kier molecular flexibility index (Phi) is 13.2. The van der Waals surface area contributed by atoms with Gasteiger partial charge in [0, 0.05) is 63.7 Å². The summed E-state index contributed by atoms with van der Waals surface area (Å²) in [7, 11) is 0. The molecule has 2 saturated carbocycles. The number of aromatic nitrogens is 8. The zero-order valence-corrected chi connectivity index (χ0v) is 38.6. The van der Waals surface area contributed by atoms with Gasteiger partial charge in [0.05, 0.1) is 71.0 Å². The highest BCUT2D eigenvalue weighted by molar-refractivity contribution is 9.09. The number of nitrogens with one attached hydrogen (secondary N) is 4. The molecule has 2 amide bonds. The van der Waals surface area contributed by atoms with Crippen molar-refractivity contribution in [2.45, 2.75) is 55.4 Å².